The summed E-state index contributed by atoms with van der Waals surface area (Å²) >= 11 is 0. The van der Waals surface area contributed by atoms with E-state index < -0.39 is 0 Å². The van der Waals surface area contributed by atoms with Crippen LogP contribution in [0.5, 0.6) is 0 Å². The van der Waals surface area contributed by atoms with Crippen LogP contribution in [0, 0.1) is 0 Å². The van der Waals surface area contributed by atoms with Crippen molar-refractivity contribution in [1.29, 1.82) is 0 Å². The van der Waals surface area contributed by atoms with Gasteiger partial charge in [0.15, 0.2) is 0 Å². The Morgan fingerprint density at radius 3 is 1.09 bits per heavy atom. The molecule has 0 heterocycles. The van der Waals surface area contributed by atoms with Gasteiger partial charge in [0, 0.05) is 14.2 Å². The second kappa shape index (κ2) is 25.8. The summed E-state index contributed by atoms with van der Waals surface area (Å²) < 4.78 is 19.9. The molecule has 0 aromatic carbocycles. The fraction of sp³-hybridized carbons (Fsp3) is 1.00. The Kier molecular flexibility index (Phi) is 28.2. The molecule has 0 fully saturated rings. The van der Waals surface area contributed by atoms with Crippen molar-refractivity contribution in [3.63, 3.8) is 0 Å². The number of unbranched alkanes of at least 4 members (excludes halogenated alkanes) is 7. The molecule has 0 unspecified atom stereocenters. The Hall–Kier alpha value is -0.160. The van der Waals surface area contributed by atoms with Gasteiger partial charge in [-0.15, -0.1) is 0 Å². The summed E-state index contributed by atoms with van der Waals surface area (Å²) in [6.07, 6.45) is 11.5. The Balaban J connectivity index is 0. The summed E-state index contributed by atoms with van der Waals surface area (Å²) in [5, 5.41) is 0. The van der Waals surface area contributed by atoms with Gasteiger partial charge in [-0.1, -0.05) is 65.2 Å². The van der Waals surface area contributed by atoms with Gasteiger partial charge in [0.05, 0.1) is 39.6 Å². The third kappa shape index (κ3) is 28.1. The lowest BCUT2D eigenvalue weighted by Gasteiger charge is -2.04. The molecule has 0 rings (SSSR count). The van der Waals surface area contributed by atoms with Gasteiger partial charge in [0.2, 0.25) is 0 Å². The highest BCUT2D eigenvalue weighted by Crippen LogP contribution is 2.07. The van der Waals surface area contributed by atoms with E-state index in [0.717, 1.165) is 0 Å². The third-order valence-corrected chi connectivity index (χ3v) is 3.19. The summed E-state index contributed by atoms with van der Waals surface area (Å²) in [4.78, 5) is 0. The van der Waals surface area contributed by atoms with E-state index in [4.69, 9.17) is 18.9 Å². The highest BCUT2D eigenvalue weighted by molar-refractivity contribution is 4.43. The van der Waals surface area contributed by atoms with Crippen molar-refractivity contribution >= 4 is 0 Å². The van der Waals surface area contributed by atoms with Crippen LogP contribution in [0.25, 0.3) is 0 Å². The van der Waals surface area contributed by atoms with Crippen molar-refractivity contribution < 1.29 is 18.9 Å². The fourth-order valence-electron chi connectivity index (χ4n) is 1.81. The van der Waals surface area contributed by atoms with Crippen molar-refractivity contribution in [3.8, 4) is 0 Å². The first-order valence-corrected chi connectivity index (χ1v) is 8.96. The Labute approximate surface area is 138 Å². The van der Waals surface area contributed by atoms with Crippen LogP contribution in [0.4, 0.5) is 0 Å². The lowest BCUT2D eigenvalue weighted by atomic mass is 10.1. The molecular formula is C18H40O4. The van der Waals surface area contributed by atoms with E-state index in [9.17, 15) is 0 Å². The maximum Gasteiger partial charge on any atom is 0.0701 e. The Morgan fingerprint density at radius 1 is 0.455 bits per heavy atom. The first kappa shape index (κ1) is 24.1. The highest BCUT2D eigenvalue weighted by atomic mass is 16.5. The van der Waals surface area contributed by atoms with E-state index in [-0.39, 0.29) is 0 Å². The van der Waals surface area contributed by atoms with Gasteiger partial charge in [0.25, 0.3) is 0 Å². The minimum absolute atomic E-state index is 0.618. The molecule has 22 heavy (non-hydrogen) atoms. The molecule has 0 saturated carbocycles. The molecule has 0 aromatic heterocycles. The van der Waals surface area contributed by atoms with Crippen molar-refractivity contribution in [2.45, 2.75) is 65.2 Å². The predicted octanol–water partition coefficient (Wildman–Crippen LogP) is 4.46. The second-order valence-corrected chi connectivity index (χ2v) is 5.33. The van der Waals surface area contributed by atoms with Gasteiger partial charge < -0.3 is 18.9 Å². The summed E-state index contributed by atoms with van der Waals surface area (Å²) in [6.45, 7) is 8.31. The maximum atomic E-state index is 5.16. The molecule has 0 amide bonds. The van der Waals surface area contributed by atoms with Crippen LogP contribution >= 0.6 is 0 Å². The lowest BCUT2D eigenvalue weighted by molar-refractivity contribution is 0.0106. The van der Waals surface area contributed by atoms with Gasteiger partial charge >= 0.3 is 0 Å². The fourth-order valence-corrected chi connectivity index (χ4v) is 1.81. The predicted molar refractivity (Wildman–Crippen MR) is 93.7 cm³/mol. The largest absolute Gasteiger partial charge is 0.382 e. The van der Waals surface area contributed by atoms with Gasteiger partial charge in [0.1, 0.15) is 0 Å². The minimum atomic E-state index is 0.618. The minimum Gasteiger partial charge on any atom is -0.382 e. The summed E-state index contributed by atoms with van der Waals surface area (Å²) in [5.74, 6) is 0. The number of ether oxygens (including phenoxy) is 4. The van der Waals surface area contributed by atoms with Crippen molar-refractivity contribution in [3.05, 3.63) is 0 Å². The maximum absolute atomic E-state index is 5.16. The Morgan fingerprint density at radius 2 is 0.773 bits per heavy atom. The molecule has 0 atom stereocenters. The number of methoxy groups -OCH3 is 2. The molecule has 0 radical (unpaired) electrons. The average molecular weight is 321 g/mol. The second-order valence-electron chi connectivity index (χ2n) is 5.33. The van der Waals surface area contributed by atoms with E-state index in [2.05, 4.69) is 13.8 Å². The van der Waals surface area contributed by atoms with Crippen LogP contribution in [0.15, 0.2) is 0 Å². The van der Waals surface area contributed by atoms with Gasteiger partial charge in [-0.05, 0) is 0 Å². The smallest absolute Gasteiger partial charge is 0.0701 e. The van der Waals surface area contributed by atoms with Crippen LogP contribution in [0.1, 0.15) is 65.2 Å². The van der Waals surface area contributed by atoms with Crippen LogP contribution in [-0.4, -0.2) is 53.9 Å². The van der Waals surface area contributed by atoms with E-state index >= 15 is 0 Å². The van der Waals surface area contributed by atoms with Gasteiger partial charge in [-0.25, -0.2) is 0 Å². The topological polar surface area (TPSA) is 36.9 Å². The standard InChI is InChI=1S/C10H22.C8H18O4/c1-3-5-7-9-10-8-6-4-2;1-9-3-5-11-7-8-12-6-4-10-2/h3-10H2,1-2H3;3-8H2,1-2H3. The van der Waals surface area contributed by atoms with E-state index in [1.807, 2.05) is 0 Å². The van der Waals surface area contributed by atoms with Crippen molar-refractivity contribution in [1.82, 2.24) is 0 Å². The molecular weight excluding hydrogens is 280 g/mol. The third-order valence-electron chi connectivity index (χ3n) is 3.19. The quantitative estimate of drug-likeness (QED) is 0.393. The first-order valence-electron chi connectivity index (χ1n) is 8.96. The molecule has 0 aliphatic rings. The molecule has 0 bridgehead atoms. The van der Waals surface area contributed by atoms with E-state index in [1.54, 1.807) is 14.2 Å². The lowest BCUT2D eigenvalue weighted by Crippen LogP contribution is -2.10. The first-order chi connectivity index (χ1) is 10.8. The summed E-state index contributed by atoms with van der Waals surface area (Å²) in [5.41, 5.74) is 0. The molecule has 0 aliphatic carbocycles. The zero-order valence-electron chi connectivity index (χ0n) is 15.5. The van der Waals surface area contributed by atoms with Crippen LogP contribution in [-0.2, 0) is 18.9 Å². The molecule has 0 aromatic rings. The van der Waals surface area contributed by atoms with Crippen molar-refractivity contribution in [2.24, 2.45) is 0 Å². The van der Waals surface area contributed by atoms with Crippen LogP contribution in [0.3, 0.4) is 0 Å². The molecule has 0 spiro atoms. The molecule has 4 nitrogen and oxygen atoms in total. The van der Waals surface area contributed by atoms with Crippen molar-refractivity contribution in [2.75, 3.05) is 53.9 Å². The van der Waals surface area contributed by atoms with Crippen LogP contribution in [0.2, 0.25) is 0 Å². The van der Waals surface area contributed by atoms with E-state index in [1.165, 1.54) is 51.4 Å². The normalized spacial score (nSPS) is 10.4. The molecule has 0 aliphatic heterocycles. The summed E-state index contributed by atoms with van der Waals surface area (Å²) in [6, 6.07) is 0. The average Bonchev–Trinajstić information content (AvgIpc) is 2.54. The molecule has 0 N–H and O–H groups in total. The summed E-state index contributed by atoms with van der Waals surface area (Å²) in [7, 11) is 3.30. The van der Waals surface area contributed by atoms with Gasteiger partial charge in [-0.2, -0.15) is 0 Å². The highest BCUT2D eigenvalue weighted by Gasteiger charge is 1.89. The van der Waals surface area contributed by atoms with E-state index in [0.29, 0.717) is 39.6 Å². The molecule has 0 saturated heterocycles. The number of hydrogen-bond acceptors (Lipinski definition) is 4. The zero-order valence-corrected chi connectivity index (χ0v) is 15.5. The monoisotopic (exact) mass is 320 g/mol. The van der Waals surface area contributed by atoms with Gasteiger partial charge in [-0.3, -0.25) is 0 Å². The zero-order chi connectivity index (χ0) is 16.7. The molecule has 136 valence electrons. The number of hydrogen-bond donors (Lipinski definition) is 0. The molecule has 4 heteroatoms. The number of rotatable bonds is 16. The SMILES string of the molecule is CCCCCCCCCC.COCCOCCOCCOC. The Bertz CT molecular complexity index is 147. The van der Waals surface area contributed by atoms with Crippen LogP contribution < -0.4 is 0 Å².